The van der Waals surface area contributed by atoms with E-state index in [9.17, 15) is 0 Å². The smallest absolute Gasteiger partial charge is 0.120 e. The van der Waals surface area contributed by atoms with Crippen LogP contribution in [0.3, 0.4) is 0 Å². The lowest BCUT2D eigenvalue weighted by molar-refractivity contribution is 0.00701. The molecule has 0 aliphatic carbocycles. The minimum Gasteiger partial charge on any atom is -0.348 e. The number of benzene rings is 1. The maximum absolute atomic E-state index is 4.41. The molecule has 1 atom stereocenters. The summed E-state index contributed by atoms with van der Waals surface area (Å²) >= 11 is 0. The van der Waals surface area contributed by atoms with Gasteiger partial charge >= 0.3 is 0 Å². The fraction of sp³-hybridized carbons (Fsp3) is 0.550. The maximum atomic E-state index is 4.41. The Morgan fingerprint density at radius 3 is 2.33 bits per heavy atom. The van der Waals surface area contributed by atoms with Gasteiger partial charge in [-0.15, -0.1) is 0 Å². The second kappa shape index (κ2) is 7.08. The number of likely N-dealkylation sites (tertiary alicyclic amines) is 2. The van der Waals surface area contributed by atoms with E-state index in [2.05, 4.69) is 50.1 Å². The van der Waals surface area contributed by atoms with Gasteiger partial charge in [0.15, 0.2) is 0 Å². The van der Waals surface area contributed by atoms with Crippen LogP contribution in [0.2, 0.25) is 0 Å². The summed E-state index contributed by atoms with van der Waals surface area (Å²) in [5.41, 5.74) is 1.93. The predicted octanol–water partition coefficient (Wildman–Crippen LogP) is 3.29. The van der Waals surface area contributed by atoms with Crippen molar-refractivity contribution in [3.63, 3.8) is 0 Å². The summed E-state index contributed by atoms with van der Waals surface area (Å²) in [4.78, 5) is 12.9. The fourth-order valence-corrected chi connectivity index (χ4v) is 4.66. The van der Waals surface area contributed by atoms with Crippen molar-refractivity contribution in [3.05, 3.63) is 54.1 Å². The molecule has 0 unspecified atom stereocenters. The number of rotatable bonds is 4. The number of hydrogen-bond acceptors (Lipinski definition) is 3. The van der Waals surface area contributed by atoms with Gasteiger partial charge in [0.1, 0.15) is 5.82 Å². The molecule has 2 saturated heterocycles. The molecule has 1 spiro atoms. The number of nitrogens with zero attached hydrogens (tertiary/aromatic N) is 3. The molecule has 3 heterocycles. The first-order chi connectivity index (χ1) is 11.8. The Hall–Kier alpha value is -1.65. The van der Waals surface area contributed by atoms with E-state index in [0.29, 0.717) is 5.41 Å². The number of hydrogen-bond donors (Lipinski definition) is 1. The minimum absolute atomic E-state index is 0.484. The summed E-state index contributed by atoms with van der Waals surface area (Å²) in [6.07, 6.45) is 9.20. The molecule has 1 N–H and O–H groups in total. The standard InChI is InChI=1S/C20H28N4/c1-2-6-18(7-3-1)14-23-12-4-8-20(16-23)9-5-13-24(17-20)15-19-21-10-11-22-19/h1-3,6-7,10-11H,4-5,8-9,12-17H2,(H,21,22)/t20-/m0/s1. The Morgan fingerprint density at radius 1 is 0.958 bits per heavy atom. The highest BCUT2D eigenvalue weighted by Crippen LogP contribution is 2.39. The molecular weight excluding hydrogens is 296 g/mol. The van der Waals surface area contributed by atoms with E-state index in [4.69, 9.17) is 0 Å². The van der Waals surface area contributed by atoms with Crippen LogP contribution in [0.5, 0.6) is 0 Å². The number of nitrogens with one attached hydrogen (secondary N) is 1. The van der Waals surface area contributed by atoms with Crippen LogP contribution in [-0.2, 0) is 13.1 Å². The number of H-pyrrole nitrogens is 1. The highest BCUT2D eigenvalue weighted by atomic mass is 15.2. The molecule has 1 aromatic heterocycles. The molecule has 4 rings (SSSR count). The molecule has 2 aliphatic rings. The van der Waals surface area contributed by atoms with Crippen molar-refractivity contribution < 1.29 is 0 Å². The zero-order valence-corrected chi connectivity index (χ0v) is 14.5. The number of imidazole rings is 1. The third-order valence-electron chi connectivity index (χ3n) is 5.66. The Morgan fingerprint density at radius 2 is 1.67 bits per heavy atom. The topological polar surface area (TPSA) is 35.2 Å². The zero-order chi connectivity index (χ0) is 16.2. The SMILES string of the molecule is c1ccc(CN2CCC[C@]3(CCCN(Cc4ncc[nH]4)C3)C2)cc1. The van der Waals surface area contributed by atoms with E-state index in [1.54, 1.807) is 0 Å². The number of aromatic amines is 1. The van der Waals surface area contributed by atoms with E-state index in [0.717, 1.165) is 18.9 Å². The summed E-state index contributed by atoms with van der Waals surface area (Å²) in [5, 5.41) is 0. The maximum Gasteiger partial charge on any atom is 0.120 e. The number of piperidine rings is 2. The first-order valence-corrected chi connectivity index (χ1v) is 9.28. The first-order valence-electron chi connectivity index (χ1n) is 9.28. The average molecular weight is 324 g/mol. The normalized spacial score (nSPS) is 26.0. The van der Waals surface area contributed by atoms with Crippen LogP contribution in [0.15, 0.2) is 42.7 Å². The second-order valence-electron chi connectivity index (χ2n) is 7.65. The summed E-state index contributed by atoms with van der Waals surface area (Å²) < 4.78 is 0. The van der Waals surface area contributed by atoms with Crippen molar-refractivity contribution in [1.82, 2.24) is 19.8 Å². The molecule has 2 fully saturated rings. The molecule has 0 saturated carbocycles. The molecular formula is C20H28N4. The van der Waals surface area contributed by atoms with Crippen molar-refractivity contribution in [2.24, 2.45) is 5.41 Å². The minimum atomic E-state index is 0.484. The quantitative estimate of drug-likeness (QED) is 0.937. The molecule has 128 valence electrons. The Labute approximate surface area is 144 Å². The Kier molecular flexibility index (Phi) is 4.67. The average Bonchev–Trinajstić information content (AvgIpc) is 3.09. The van der Waals surface area contributed by atoms with Crippen molar-refractivity contribution >= 4 is 0 Å². The lowest BCUT2D eigenvalue weighted by Gasteiger charge is -2.48. The zero-order valence-electron chi connectivity index (χ0n) is 14.5. The predicted molar refractivity (Wildman–Crippen MR) is 96.5 cm³/mol. The van der Waals surface area contributed by atoms with Crippen LogP contribution in [-0.4, -0.2) is 45.9 Å². The van der Waals surface area contributed by atoms with E-state index >= 15 is 0 Å². The monoisotopic (exact) mass is 324 g/mol. The van der Waals surface area contributed by atoms with Crippen molar-refractivity contribution in [3.8, 4) is 0 Å². The van der Waals surface area contributed by atoms with Crippen LogP contribution in [0.1, 0.15) is 37.1 Å². The molecule has 4 nitrogen and oxygen atoms in total. The van der Waals surface area contributed by atoms with Gasteiger partial charge in [0.2, 0.25) is 0 Å². The van der Waals surface area contributed by atoms with Gasteiger partial charge in [-0.3, -0.25) is 9.80 Å². The lowest BCUT2D eigenvalue weighted by Crippen LogP contribution is -2.51. The number of aromatic nitrogens is 2. The van der Waals surface area contributed by atoms with Crippen LogP contribution in [0.25, 0.3) is 0 Å². The molecule has 1 aromatic carbocycles. The van der Waals surface area contributed by atoms with Gasteiger partial charge in [0, 0.05) is 32.0 Å². The van der Waals surface area contributed by atoms with Gasteiger partial charge in [-0.25, -0.2) is 4.98 Å². The van der Waals surface area contributed by atoms with Crippen LogP contribution in [0.4, 0.5) is 0 Å². The van der Waals surface area contributed by atoms with E-state index < -0.39 is 0 Å². The molecule has 2 aliphatic heterocycles. The van der Waals surface area contributed by atoms with E-state index in [1.807, 2.05) is 12.4 Å². The van der Waals surface area contributed by atoms with Gasteiger partial charge in [-0.1, -0.05) is 30.3 Å². The summed E-state index contributed by atoms with van der Waals surface area (Å²) in [6.45, 7) is 6.99. The molecule has 0 radical (unpaired) electrons. The fourth-order valence-electron chi connectivity index (χ4n) is 4.66. The molecule has 24 heavy (non-hydrogen) atoms. The lowest BCUT2D eigenvalue weighted by atomic mass is 9.73. The van der Waals surface area contributed by atoms with Gasteiger partial charge in [-0.2, -0.15) is 0 Å². The van der Waals surface area contributed by atoms with Crippen molar-refractivity contribution in [2.45, 2.75) is 38.8 Å². The summed E-state index contributed by atoms with van der Waals surface area (Å²) in [5.74, 6) is 1.10. The van der Waals surface area contributed by atoms with E-state index in [1.165, 1.54) is 57.4 Å². The third kappa shape index (κ3) is 3.70. The van der Waals surface area contributed by atoms with Crippen LogP contribution < -0.4 is 0 Å². The third-order valence-corrected chi connectivity index (χ3v) is 5.66. The highest BCUT2D eigenvalue weighted by molar-refractivity contribution is 5.14. The summed E-state index contributed by atoms with van der Waals surface area (Å²) in [7, 11) is 0. The largest absolute Gasteiger partial charge is 0.348 e. The molecule has 4 heteroatoms. The highest BCUT2D eigenvalue weighted by Gasteiger charge is 2.39. The Bertz CT molecular complexity index is 620. The van der Waals surface area contributed by atoms with Gasteiger partial charge in [0.05, 0.1) is 6.54 Å². The van der Waals surface area contributed by atoms with Gasteiger partial charge < -0.3 is 4.98 Å². The molecule has 0 bridgehead atoms. The van der Waals surface area contributed by atoms with Crippen molar-refractivity contribution in [2.75, 3.05) is 26.2 Å². The van der Waals surface area contributed by atoms with Crippen molar-refractivity contribution in [1.29, 1.82) is 0 Å². The van der Waals surface area contributed by atoms with Crippen LogP contribution in [0, 0.1) is 5.41 Å². The van der Waals surface area contributed by atoms with E-state index in [-0.39, 0.29) is 0 Å². The van der Waals surface area contributed by atoms with Gasteiger partial charge in [0.25, 0.3) is 0 Å². The summed E-state index contributed by atoms with van der Waals surface area (Å²) in [6, 6.07) is 10.9. The molecule has 0 amide bonds. The second-order valence-corrected chi connectivity index (χ2v) is 7.65. The van der Waals surface area contributed by atoms with Gasteiger partial charge in [-0.05, 0) is 49.8 Å². The van der Waals surface area contributed by atoms with Crippen LogP contribution >= 0.6 is 0 Å². The molecule has 2 aromatic rings. The first kappa shape index (κ1) is 15.9. The Balaban J connectivity index is 1.40.